The first-order valence-corrected chi connectivity index (χ1v) is 7.61. The van der Waals surface area contributed by atoms with E-state index in [4.69, 9.17) is 4.74 Å². The van der Waals surface area contributed by atoms with Crippen LogP contribution in [0.25, 0.3) is 0 Å². The van der Waals surface area contributed by atoms with Gasteiger partial charge < -0.3 is 15.4 Å². The zero-order valence-electron chi connectivity index (χ0n) is 12.9. The Hall–Kier alpha value is -0.820. The Morgan fingerprint density at radius 2 is 1.95 bits per heavy atom. The van der Waals surface area contributed by atoms with Crippen molar-refractivity contribution in [2.45, 2.75) is 63.9 Å². The molecular formula is C14H29N5O. The normalized spacial score (nSPS) is 32.9. The second-order valence-corrected chi connectivity index (χ2v) is 5.64. The molecule has 1 saturated carbocycles. The zero-order chi connectivity index (χ0) is 14.5. The predicted molar refractivity (Wildman–Crippen MR) is 80.4 cm³/mol. The molecule has 1 heterocycles. The standard InChI is InChI=1S/C14H29N5O/c1-10(15-3)16-13-17-11(2)19(14(18-13)20-4)12-8-6-5-7-9-12/h11-18H,1,5-9H2,2-4H3/t11?,13-,14?/m0/s1. The molecule has 116 valence electrons. The zero-order valence-corrected chi connectivity index (χ0v) is 12.9. The average Bonchev–Trinajstić information content (AvgIpc) is 2.47. The molecule has 1 aliphatic carbocycles. The summed E-state index contributed by atoms with van der Waals surface area (Å²) in [5, 5.41) is 13.2. The third-order valence-corrected chi connectivity index (χ3v) is 4.28. The van der Waals surface area contributed by atoms with Crippen LogP contribution in [0, 0.1) is 0 Å². The van der Waals surface area contributed by atoms with Crippen molar-refractivity contribution >= 4 is 0 Å². The topological polar surface area (TPSA) is 60.6 Å². The van der Waals surface area contributed by atoms with E-state index in [1.807, 2.05) is 7.05 Å². The first-order valence-electron chi connectivity index (χ1n) is 7.61. The fourth-order valence-corrected chi connectivity index (χ4v) is 3.21. The molecule has 2 fully saturated rings. The molecule has 0 aromatic heterocycles. The second-order valence-electron chi connectivity index (χ2n) is 5.64. The van der Waals surface area contributed by atoms with Crippen LogP contribution in [0.4, 0.5) is 0 Å². The van der Waals surface area contributed by atoms with E-state index in [0.717, 1.165) is 5.82 Å². The summed E-state index contributed by atoms with van der Waals surface area (Å²) in [6, 6.07) is 0.595. The van der Waals surface area contributed by atoms with E-state index in [-0.39, 0.29) is 18.8 Å². The van der Waals surface area contributed by atoms with Gasteiger partial charge in [-0.05, 0) is 19.8 Å². The third kappa shape index (κ3) is 3.63. The van der Waals surface area contributed by atoms with Crippen LogP contribution < -0.4 is 21.3 Å². The summed E-state index contributed by atoms with van der Waals surface area (Å²) in [6.45, 7) is 6.09. The molecule has 1 saturated heterocycles. The molecule has 2 rings (SSSR count). The molecule has 6 heteroatoms. The highest BCUT2D eigenvalue weighted by molar-refractivity contribution is 4.92. The Morgan fingerprint density at radius 1 is 1.25 bits per heavy atom. The molecule has 0 radical (unpaired) electrons. The minimum atomic E-state index is -0.0727. The van der Waals surface area contributed by atoms with Gasteiger partial charge in [-0.3, -0.25) is 5.32 Å². The number of rotatable bonds is 5. The minimum Gasteiger partial charge on any atom is -0.375 e. The van der Waals surface area contributed by atoms with Crippen LogP contribution in [0.15, 0.2) is 12.4 Å². The molecular weight excluding hydrogens is 254 g/mol. The average molecular weight is 283 g/mol. The third-order valence-electron chi connectivity index (χ3n) is 4.28. The van der Waals surface area contributed by atoms with Crippen LogP contribution in [0.5, 0.6) is 0 Å². The van der Waals surface area contributed by atoms with Crippen molar-refractivity contribution in [2.24, 2.45) is 0 Å². The van der Waals surface area contributed by atoms with E-state index in [1.54, 1.807) is 7.11 Å². The molecule has 1 aliphatic heterocycles. The van der Waals surface area contributed by atoms with Gasteiger partial charge in [-0.1, -0.05) is 25.8 Å². The number of methoxy groups -OCH3 is 1. The van der Waals surface area contributed by atoms with Gasteiger partial charge in [-0.25, -0.2) is 10.2 Å². The van der Waals surface area contributed by atoms with Crippen molar-refractivity contribution in [3.63, 3.8) is 0 Å². The maximum Gasteiger partial charge on any atom is 0.169 e. The number of nitrogens with zero attached hydrogens (tertiary/aromatic N) is 1. The Kier molecular flexibility index (Phi) is 5.65. The van der Waals surface area contributed by atoms with Crippen LogP contribution in [0.2, 0.25) is 0 Å². The fraction of sp³-hybridized carbons (Fsp3) is 0.857. The van der Waals surface area contributed by atoms with E-state index < -0.39 is 0 Å². The van der Waals surface area contributed by atoms with Crippen molar-refractivity contribution in [2.75, 3.05) is 14.2 Å². The van der Waals surface area contributed by atoms with Gasteiger partial charge in [0.25, 0.3) is 0 Å². The van der Waals surface area contributed by atoms with E-state index in [9.17, 15) is 0 Å². The predicted octanol–water partition coefficient (Wildman–Crippen LogP) is 0.654. The van der Waals surface area contributed by atoms with Crippen LogP contribution in [0.1, 0.15) is 39.0 Å². The van der Waals surface area contributed by atoms with Crippen molar-refractivity contribution in [3.8, 4) is 0 Å². The Labute approximate surface area is 122 Å². The molecule has 3 atom stereocenters. The molecule has 0 bridgehead atoms. The van der Waals surface area contributed by atoms with Gasteiger partial charge in [0.2, 0.25) is 0 Å². The lowest BCUT2D eigenvalue weighted by atomic mass is 9.94. The minimum absolute atomic E-state index is 0.0465. The highest BCUT2D eigenvalue weighted by Crippen LogP contribution is 2.26. The number of hydrogen-bond acceptors (Lipinski definition) is 6. The summed E-state index contributed by atoms with van der Waals surface area (Å²) in [7, 11) is 3.61. The van der Waals surface area contributed by atoms with Crippen LogP contribution in [-0.4, -0.2) is 43.9 Å². The Bertz CT molecular complexity index is 319. The van der Waals surface area contributed by atoms with Crippen molar-refractivity contribution in [3.05, 3.63) is 12.4 Å². The van der Waals surface area contributed by atoms with Gasteiger partial charge in [0.05, 0.1) is 12.0 Å². The van der Waals surface area contributed by atoms with Crippen LogP contribution in [-0.2, 0) is 4.74 Å². The van der Waals surface area contributed by atoms with Crippen molar-refractivity contribution < 1.29 is 4.74 Å². The van der Waals surface area contributed by atoms with Gasteiger partial charge in [0.1, 0.15) is 6.29 Å². The largest absolute Gasteiger partial charge is 0.375 e. The number of hydrogen-bond donors (Lipinski definition) is 4. The highest BCUT2D eigenvalue weighted by atomic mass is 16.5. The smallest absolute Gasteiger partial charge is 0.169 e. The lowest BCUT2D eigenvalue weighted by Crippen LogP contribution is -2.73. The molecule has 0 spiro atoms. The highest BCUT2D eigenvalue weighted by Gasteiger charge is 2.37. The lowest BCUT2D eigenvalue weighted by Gasteiger charge is -2.49. The van der Waals surface area contributed by atoms with E-state index in [1.165, 1.54) is 32.1 Å². The van der Waals surface area contributed by atoms with Gasteiger partial charge in [0.15, 0.2) is 6.35 Å². The van der Waals surface area contributed by atoms with E-state index in [2.05, 4.69) is 39.7 Å². The van der Waals surface area contributed by atoms with Crippen LogP contribution >= 0.6 is 0 Å². The van der Waals surface area contributed by atoms with E-state index >= 15 is 0 Å². The van der Waals surface area contributed by atoms with E-state index in [0.29, 0.717) is 6.04 Å². The van der Waals surface area contributed by atoms with Gasteiger partial charge in [-0.15, -0.1) is 0 Å². The van der Waals surface area contributed by atoms with Gasteiger partial charge >= 0.3 is 0 Å². The Morgan fingerprint density at radius 3 is 2.55 bits per heavy atom. The second kappa shape index (κ2) is 7.26. The molecule has 2 aliphatic rings. The molecule has 0 aromatic carbocycles. The molecule has 6 nitrogen and oxygen atoms in total. The maximum atomic E-state index is 5.66. The summed E-state index contributed by atoms with van der Waals surface area (Å²) in [4.78, 5) is 2.42. The molecule has 20 heavy (non-hydrogen) atoms. The summed E-state index contributed by atoms with van der Waals surface area (Å²) >= 11 is 0. The molecule has 2 unspecified atom stereocenters. The summed E-state index contributed by atoms with van der Waals surface area (Å²) < 4.78 is 5.66. The number of ether oxygens (including phenoxy) is 1. The Balaban J connectivity index is 1.98. The molecule has 0 amide bonds. The summed E-state index contributed by atoms with van der Waals surface area (Å²) in [5.74, 6) is 0.781. The van der Waals surface area contributed by atoms with Gasteiger partial charge in [-0.2, -0.15) is 0 Å². The quantitative estimate of drug-likeness (QED) is 0.594. The summed E-state index contributed by atoms with van der Waals surface area (Å²) in [5.41, 5.74) is 0. The fourth-order valence-electron chi connectivity index (χ4n) is 3.21. The lowest BCUT2D eigenvalue weighted by molar-refractivity contribution is -0.144. The van der Waals surface area contributed by atoms with Crippen LogP contribution in [0.3, 0.4) is 0 Å². The monoisotopic (exact) mass is 283 g/mol. The molecule has 0 aromatic rings. The van der Waals surface area contributed by atoms with Crippen molar-refractivity contribution in [1.29, 1.82) is 0 Å². The maximum absolute atomic E-state index is 5.66. The first-order chi connectivity index (χ1) is 9.65. The number of nitrogens with one attached hydrogen (secondary N) is 4. The van der Waals surface area contributed by atoms with Gasteiger partial charge in [0, 0.05) is 20.2 Å². The summed E-state index contributed by atoms with van der Waals surface area (Å²) in [6.07, 6.45) is 6.66. The first kappa shape index (κ1) is 15.6. The van der Waals surface area contributed by atoms with Crippen molar-refractivity contribution in [1.82, 2.24) is 26.2 Å². The molecule has 4 N–H and O–H groups in total. The SMILES string of the molecule is C=C(NC)N[C@H]1NC(C)N(C2CCCCC2)C(OC)N1.